The van der Waals surface area contributed by atoms with Crippen LogP contribution < -0.4 is 5.73 Å². The standard InChI is InChI=1S/C24H28FN3O3S/c1-4-15-27(24(26)29)16-14-21-17(2)28(20-12-10-19(25)11-13-20)23(32(3,30)31)22(21)18-8-6-5-7-9-18/h5-13H,4,14-16H2,1-3H3,(H2,26,29). The van der Waals surface area contributed by atoms with Crippen molar-refractivity contribution in [3.63, 3.8) is 0 Å². The van der Waals surface area contributed by atoms with Gasteiger partial charge in [-0.2, -0.15) is 0 Å². The van der Waals surface area contributed by atoms with Gasteiger partial charge >= 0.3 is 6.03 Å². The highest BCUT2D eigenvalue weighted by Gasteiger charge is 2.29. The number of aromatic nitrogens is 1. The summed E-state index contributed by atoms with van der Waals surface area (Å²) < 4.78 is 41.3. The van der Waals surface area contributed by atoms with E-state index in [1.54, 1.807) is 21.6 Å². The Bertz CT molecular complexity index is 1200. The molecule has 0 saturated carbocycles. The molecular formula is C24H28FN3O3S. The molecule has 0 aliphatic rings. The van der Waals surface area contributed by atoms with Crippen molar-refractivity contribution < 1.29 is 17.6 Å². The summed E-state index contributed by atoms with van der Waals surface area (Å²) in [6.07, 6.45) is 2.36. The molecule has 3 rings (SSSR count). The average molecular weight is 458 g/mol. The van der Waals surface area contributed by atoms with E-state index in [1.807, 2.05) is 44.2 Å². The average Bonchev–Trinajstić information content (AvgIpc) is 3.05. The molecule has 3 aromatic rings. The molecule has 2 amide bonds. The maximum absolute atomic E-state index is 13.6. The van der Waals surface area contributed by atoms with Gasteiger partial charge in [-0.05, 0) is 55.2 Å². The lowest BCUT2D eigenvalue weighted by molar-refractivity contribution is 0.208. The van der Waals surface area contributed by atoms with E-state index in [0.717, 1.165) is 23.2 Å². The summed E-state index contributed by atoms with van der Waals surface area (Å²) in [5, 5.41) is 0.143. The number of carbonyl (C=O) groups excluding carboxylic acids is 1. The number of primary amides is 1. The van der Waals surface area contributed by atoms with E-state index < -0.39 is 21.7 Å². The number of urea groups is 1. The summed E-state index contributed by atoms with van der Waals surface area (Å²) in [7, 11) is -3.67. The summed E-state index contributed by atoms with van der Waals surface area (Å²) in [5.74, 6) is -0.403. The Balaban J connectivity index is 2.27. The molecule has 170 valence electrons. The van der Waals surface area contributed by atoms with Gasteiger partial charge in [0, 0.05) is 36.3 Å². The summed E-state index contributed by atoms with van der Waals surface area (Å²) in [4.78, 5) is 13.4. The van der Waals surface area contributed by atoms with Gasteiger partial charge in [0.25, 0.3) is 0 Å². The second-order valence-electron chi connectivity index (χ2n) is 7.77. The van der Waals surface area contributed by atoms with Crippen LogP contribution in [-0.2, 0) is 16.3 Å². The number of rotatable bonds is 8. The normalized spacial score (nSPS) is 11.5. The van der Waals surface area contributed by atoms with Crippen LogP contribution >= 0.6 is 0 Å². The van der Waals surface area contributed by atoms with Crippen LogP contribution in [0.3, 0.4) is 0 Å². The molecule has 1 heterocycles. The molecule has 0 atom stereocenters. The second kappa shape index (κ2) is 9.56. The third-order valence-electron chi connectivity index (χ3n) is 5.43. The Morgan fingerprint density at radius 2 is 1.69 bits per heavy atom. The Morgan fingerprint density at radius 3 is 2.22 bits per heavy atom. The molecule has 0 bridgehead atoms. The quantitative estimate of drug-likeness (QED) is 0.546. The van der Waals surface area contributed by atoms with Crippen molar-refractivity contribution in [2.24, 2.45) is 5.73 Å². The largest absolute Gasteiger partial charge is 0.351 e. The van der Waals surface area contributed by atoms with Crippen LogP contribution in [0.4, 0.5) is 9.18 Å². The minimum absolute atomic E-state index is 0.143. The first kappa shape index (κ1) is 23.5. The molecule has 2 aromatic carbocycles. The van der Waals surface area contributed by atoms with E-state index in [1.165, 1.54) is 18.4 Å². The smallest absolute Gasteiger partial charge is 0.314 e. The zero-order valence-corrected chi connectivity index (χ0v) is 19.3. The molecule has 6 nitrogen and oxygen atoms in total. The molecule has 0 unspecified atom stereocenters. The van der Waals surface area contributed by atoms with Gasteiger partial charge in [0.15, 0.2) is 9.84 Å². The van der Waals surface area contributed by atoms with Crippen molar-refractivity contribution in [2.45, 2.75) is 31.7 Å². The zero-order chi connectivity index (χ0) is 23.5. The van der Waals surface area contributed by atoms with E-state index in [0.29, 0.717) is 30.8 Å². The van der Waals surface area contributed by atoms with Gasteiger partial charge in [0.05, 0.1) is 0 Å². The minimum Gasteiger partial charge on any atom is -0.351 e. The lowest BCUT2D eigenvalue weighted by atomic mass is 10.0. The fourth-order valence-corrected chi connectivity index (χ4v) is 5.20. The van der Waals surface area contributed by atoms with E-state index in [4.69, 9.17) is 5.73 Å². The Morgan fingerprint density at radius 1 is 1.06 bits per heavy atom. The van der Waals surface area contributed by atoms with Crippen molar-refractivity contribution in [1.82, 2.24) is 9.47 Å². The maximum atomic E-state index is 13.6. The van der Waals surface area contributed by atoms with E-state index in [-0.39, 0.29) is 5.03 Å². The molecule has 0 radical (unpaired) electrons. The fraction of sp³-hybridized carbons (Fsp3) is 0.292. The maximum Gasteiger partial charge on any atom is 0.314 e. The molecule has 8 heteroatoms. The Kier molecular flexibility index (Phi) is 7.03. The molecule has 0 saturated heterocycles. The van der Waals surface area contributed by atoms with Crippen LogP contribution in [0, 0.1) is 12.7 Å². The third-order valence-corrected chi connectivity index (χ3v) is 6.52. The van der Waals surface area contributed by atoms with Crippen LogP contribution in [0.5, 0.6) is 0 Å². The second-order valence-corrected chi connectivity index (χ2v) is 9.70. The van der Waals surface area contributed by atoms with Gasteiger partial charge < -0.3 is 15.2 Å². The highest BCUT2D eigenvalue weighted by atomic mass is 32.2. The predicted octanol–water partition coefficient (Wildman–Crippen LogP) is 4.33. The van der Waals surface area contributed by atoms with Crippen LogP contribution in [0.1, 0.15) is 24.6 Å². The lowest BCUT2D eigenvalue weighted by Crippen LogP contribution is -2.37. The third kappa shape index (κ3) is 4.85. The number of halogens is 1. The first-order valence-corrected chi connectivity index (χ1v) is 12.3. The number of nitrogens with two attached hydrogens (primary N) is 1. The molecule has 2 N–H and O–H groups in total. The van der Waals surface area contributed by atoms with Gasteiger partial charge in [-0.3, -0.25) is 0 Å². The highest BCUT2D eigenvalue weighted by Crippen LogP contribution is 2.38. The minimum atomic E-state index is -3.67. The van der Waals surface area contributed by atoms with Crippen LogP contribution in [0.15, 0.2) is 59.6 Å². The van der Waals surface area contributed by atoms with Gasteiger partial charge in [-0.1, -0.05) is 37.3 Å². The lowest BCUT2D eigenvalue weighted by Gasteiger charge is -2.20. The molecule has 0 spiro atoms. The zero-order valence-electron chi connectivity index (χ0n) is 18.5. The number of nitrogens with zero attached hydrogens (tertiary/aromatic N) is 2. The number of carbonyl (C=O) groups is 1. The molecule has 0 fully saturated rings. The number of sulfone groups is 1. The van der Waals surface area contributed by atoms with Gasteiger partial charge in [-0.25, -0.2) is 17.6 Å². The van der Waals surface area contributed by atoms with Crippen molar-refractivity contribution in [3.05, 3.63) is 71.7 Å². The SMILES string of the molecule is CCCN(CCc1c(-c2ccccc2)c(S(C)(=O)=O)n(-c2ccc(F)cc2)c1C)C(N)=O. The number of amides is 2. The predicted molar refractivity (Wildman–Crippen MR) is 124 cm³/mol. The van der Waals surface area contributed by atoms with Crippen molar-refractivity contribution in [1.29, 1.82) is 0 Å². The first-order valence-electron chi connectivity index (χ1n) is 10.4. The van der Waals surface area contributed by atoms with Crippen LogP contribution in [0.2, 0.25) is 0 Å². The van der Waals surface area contributed by atoms with Gasteiger partial charge in [-0.15, -0.1) is 0 Å². The summed E-state index contributed by atoms with van der Waals surface area (Å²) in [5.41, 5.74) is 8.96. The molecule has 0 aliphatic carbocycles. The fourth-order valence-electron chi connectivity index (χ4n) is 4.02. The molecular weight excluding hydrogens is 429 g/mol. The van der Waals surface area contributed by atoms with Crippen molar-refractivity contribution in [3.8, 4) is 16.8 Å². The summed E-state index contributed by atoms with van der Waals surface area (Å²) in [6, 6.07) is 14.5. The van der Waals surface area contributed by atoms with Gasteiger partial charge in [0.2, 0.25) is 0 Å². The molecule has 32 heavy (non-hydrogen) atoms. The van der Waals surface area contributed by atoms with E-state index >= 15 is 0 Å². The Hall–Kier alpha value is -3.13. The van der Waals surface area contributed by atoms with Crippen molar-refractivity contribution >= 4 is 15.9 Å². The molecule has 1 aromatic heterocycles. The van der Waals surface area contributed by atoms with Crippen molar-refractivity contribution in [2.75, 3.05) is 19.3 Å². The summed E-state index contributed by atoms with van der Waals surface area (Å²) in [6.45, 7) is 4.69. The van der Waals surface area contributed by atoms with Gasteiger partial charge in [0.1, 0.15) is 10.8 Å². The highest BCUT2D eigenvalue weighted by molar-refractivity contribution is 7.90. The van der Waals surface area contributed by atoms with Crippen LogP contribution in [0.25, 0.3) is 16.8 Å². The molecule has 0 aliphatic heterocycles. The Labute approximate surface area is 188 Å². The monoisotopic (exact) mass is 457 g/mol. The van der Waals surface area contributed by atoms with E-state index in [2.05, 4.69) is 0 Å². The number of hydrogen-bond acceptors (Lipinski definition) is 3. The summed E-state index contributed by atoms with van der Waals surface area (Å²) >= 11 is 0. The number of benzene rings is 2. The first-order chi connectivity index (χ1) is 15.1. The van der Waals surface area contributed by atoms with E-state index in [9.17, 15) is 17.6 Å². The number of hydrogen-bond donors (Lipinski definition) is 1. The topological polar surface area (TPSA) is 85.4 Å². The van der Waals surface area contributed by atoms with Crippen LogP contribution in [-0.4, -0.2) is 43.3 Å².